The lowest BCUT2D eigenvalue weighted by Gasteiger charge is -2.18. The normalized spacial score (nSPS) is 12.2. The van der Waals surface area contributed by atoms with Crippen molar-refractivity contribution < 1.29 is 5.11 Å². The highest BCUT2D eigenvalue weighted by molar-refractivity contribution is 5.74. The number of hydrogen-bond acceptors (Lipinski definition) is 5. The van der Waals surface area contributed by atoms with Gasteiger partial charge in [-0.25, -0.2) is 4.79 Å². The number of aryl methyl sites for hydroxylation is 1. The van der Waals surface area contributed by atoms with E-state index in [0.29, 0.717) is 23.7 Å². The average Bonchev–Trinajstić information content (AvgIpc) is 3.13. The maximum Gasteiger partial charge on any atom is 0.332 e. The molecule has 8 heteroatoms. The Hall–Kier alpha value is -3.65. The summed E-state index contributed by atoms with van der Waals surface area (Å²) in [6.07, 6.45) is 0. The lowest BCUT2D eigenvalue weighted by molar-refractivity contribution is 0.275. The number of nitrogens with one attached hydrogen (secondary N) is 1. The van der Waals surface area contributed by atoms with Gasteiger partial charge in [0.15, 0.2) is 11.2 Å². The first-order valence-electron chi connectivity index (χ1n) is 9.63. The third-order valence-electron chi connectivity index (χ3n) is 5.22. The number of anilines is 1. The molecule has 2 aromatic carbocycles. The quantitative estimate of drug-likeness (QED) is 0.509. The van der Waals surface area contributed by atoms with Crippen LogP contribution in [0.2, 0.25) is 0 Å². The summed E-state index contributed by atoms with van der Waals surface area (Å²) in [5.74, 6) is 0.412. The first kappa shape index (κ1) is 19.7. The summed E-state index contributed by atoms with van der Waals surface area (Å²) in [5, 5.41) is 13.2. The van der Waals surface area contributed by atoms with Crippen molar-refractivity contribution in [2.45, 2.75) is 12.6 Å². The Labute approximate surface area is 172 Å². The van der Waals surface area contributed by atoms with Gasteiger partial charge in [-0.2, -0.15) is 4.98 Å². The van der Waals surface area contributed by atoms with Crippen LogP contribution < -0.4 is 16.6 Å². The van der Waals surface area contributed by atoms with Gasteiger partial charge in [-0.05, 0) is 11.1 Å². The van der Waals surface area contributed by atoms with Gasteiger partial charge >= 0.3 is 5.69 Å². The highest BCUT2D eigenvalue weighted by Crippen LogP contribution is 2.23. The molecule has 30 heavy (non-hydrogen) atoms. The lowest BCUT2D eigenvalue weighted by Crippen LogP contribution is -2.37. The van der Waals surface area contributed by atoms with E-state index in [2.05, 4.69) is 10.3 Å². The molecule has 0 saturated heterocycles. The molecule has 2 aromatic heterocycles. The fourth-order valence-corrected chi connectivity index (χ4v) is 3.55. The zero-order valence-corrected chi connectivity index (χ0v) is 16.8. The highest BCUT2D eigenvalue weighted by Gasteiger charge is 2.21. The Morgan fingerprint density at radius 3 is 2.23 bits per heavy atom. The molecule has 1 atom stereocenters. The average molecular weight is 405 g/mol. The minimum Gasteiger partial charge on any atom is -0.394 e. The zero-order valence-electron chi connectivity index (χ0n) is 16.8. The predicted molar refractivity (Wildman–Crippen MR) is 116 cm³/mol. The van der Waals surface area contributed by atoms with Gasteiger partial charge in [-0.15, -0.1) is 0 Å². The highest BCUT2D eigenvalue weighted by atomic mass is 16.3. The monoisotopic (exact) mass is 405 g/mol. The van der Waals surface area contributed by atoms with E-state index in [1.807, 2.05) is 60.7 Å². The Kier molecular flexibility index (Phi) is 5.24. The number of nitrogens with zero attached hydrogens (tertiary/aromatic N) is 4. The largest absolute Gasteiger partial charge is 0.394 e. The molecule has 154 valence electrons. The fourth-order valence-electron chi connectivity index (χ4n) is 3.55. The molecular formula is C22H23N5O3. The van der Waals surface area contributed by atoms with Crippen molar-refractivity contribution in [1.82, 2.24) is 18.7 Å². The van der Waals surface area contributed by atoms with Crippen molar-refractivity contribution in [2.24, 2.45) is 14.1 Å². The summed E-state index contributed by atoms with van der Waals surface area (Å²) < 4.78 is 4.20. The van der Waals surface area contributed by atoms with Crippen LogP contribution in [0.15, 0.2) is 70.3 Å². The van der Waals surface area contributed by atoms with Gasteiger partial charge in [0, 0.05) is 14.1 Å². The second-order valence-electron chi connectivity index (χ2n) is 7.18. The van der Waals surface area contributed by atoms with E-state index in [1.54, 1.807) is 11.6 Å². The van der Waals surface area contributed by atoms with Crippen molar-refractivity contribution in [3.63, 3.8) is 0 Å². The van der Waals surface area contributed by atoms with Crippen LogP contribution in [0.3, 0.4) is 0 Å². The van der Waals surface area contributed by atoms with E-state index in [-0.39, 0.29) is 6.61 Å². The number of hydrogen-bond donors (Lipinski definition) is 2. The van der Waals surface area contributed by atoms with Crippen LogP contribution in [0.5, 0.6) is 0 Å². The van der Waals surface area contributed by atoms with Gasteiger partial charge in [0.2, 0.25) is 5.95 Å². The third kappa shape index (κ3) is 3.42. The van der Waals surface area contributed by atoms with E-state index in [9.17, 15) is 14.7 Å². The van der Waals surface area contributed by atoms with Gasteiger partial charge in [0.25, 0.3) is 5.56 Å². The molecule has 0 bridgehead atoms. The van der Waals surface area contributed by atoms with E-state index < -0.39 is 17.3 Å². The number of fused-ring (bicyclic) bond motifs is 1. The molecule has 2 heterocycles. The summed E-state index contributed by atoms with van der Waals surface area (Å²) in [4.78, 5) is 29.9. The van der Waals surface area contributed by atoms with Gasteiger partial charge in [0.1, 0.15) is 0 Å². The molecular weight excluding hydrogens is 382 g/mol. The van der Waals surface area contributed by atoms with Crippen molar-refractivity contribution in [1.29, 1.82) is 0 Å². The number of rotatable bonds is 6. The summed E-state index contributed by atoms with van der Waals surface area (Å²) in [7, 11) is 3.05. The van der Waals surface area contributed by atoms with Crippen LogP contribution in [-0.2, 0) is 20.6 Å². The van der Waals surface area contributed by atoms with Crippen molar-refractivity contribution >= 4 is 17.1 Å². The molecule has 0 aliphatic heterocycles. The van der Waals surface area contributed by atoms with Crippen LogP contribution in [0, 0.1) is 0 Å². The van der Waals surface area contributed by atoms with Crippen LogP contribution in [0.25, 0.3) is 11.2 Å². The van der Waals surface area contributed by atoms with E-state index in [4.69, 9.17) is 0 Å². The van der Waals surface area contributed by atoms with E-state index in [0.717, 1.165) is 15.7 Å². The molecule has 8 nitrogen and oxygen atoms in total. The van der Waals surface area contributed by atoms with Gasteiger partial charge in [0.05, 0.1) is 19.2 Å². The Bertz CT molecular complexity index is 1290. The summed E-state index contributed by atoms with van der Waals surface area (Å²) in [6, 6.07) is 18.8. The molecule has 0 aliphatic rings. The first-order valence-corrected chi connectivity index (χ1v) is 9.63. The second kappa shape index (κ2) is 8.00. The molecule has 4 rings (SSSR count). The smallest absolute Gasteiger partial charge is 0.332 e. The fraction of sp³-hybridized carbons (Fsp3) is 0.227. The molecule has 0 spiro atoms. The SMILES string of the molecule is Cn1c(=O)c2c(nc(N[C@@H](CO)c3ccccc3)n2Cc2ccccc2)n(C)c1=O. The maximum absolute atomic E-state index is 13.0. The Balaban J connectivity index is 1.91. The van der Waals surface area contributed by atoms with Crippen LogP contribution >= 0.6 is 0 Å². The molecule has 0 saturated carbocycles. The topological polar surface area (TPSA) is 94.1 Å². The van der Waals surface area contributed by atoms with Gasteiger partial charge in [-0.3, -0.25) is 18.5 Å². The predicted octanol–water partition coefficient (Wildman–Crippen LogP) is 1.63. The number of imidazole rings is 1. The third-order valence-corrected chi connectivity index (χ3v) is 5.22. The minimum atomic E-state index is -0.440. The van der Waals surface area contributed by atoms with Gasteiger partial charge < -0.3 is 10.4 Å². The van der Waals surface area contributed by atoms with E-state index >= 15 is 0 Å². The molecule has 0 amide bonds. The molecule has 4 aromatic rings. The number of benzene rings is 2. The van der Waals surface area contributed by atoms with Crippen LogP contribution in [0.4, 0.5) is 5.95 Å². The Morgan fingerprint density at radius 2 is 1.60 bits per heavy atom. The van der Waals surface area contributed by atoms with Gasteiger partial charge in [-0.1, -0.05) is 60.7 Å². The van der Waals surface area contributed by atoms with Crippen molar-refractivity contribution in [3.05, 3.63) is 92.6 Å². The first-order chi connectivity index (χ1) is 14.5. The number of aromatic nitrogens is 4. The summed E-state index contributed by atoms with van der Waals surface area (Å²) in [6.45, 7) is 0.232. The zero-order chi connectivity index (χ0) is 21.3. The standard InChI is InChI=1S/C22H23N5O3/c1-25-19-18(20(29)26(2)22(25)30)27(13-15-9-5-3-6-10-15)21(24-19)23-17(14-28)16-11-7-4-8-12-16/h3-12,17,28H,13-14H2,1-2H3,(H,23,24)/t17-/m0/s1. The maximum atomic E-state index is 13.0. The Morgan fingerprint density at radius 1 is 0.967 bits per heavy atom. The molecule has 2 N–H and O–H groups in total. The van der Waals surface area contributed by atoms with Crippen molar-refractivity contribution in [3.8, 4) is 0 Å². The molecule has 0 radical (unpaired) electrons. The molecule has 0 fully saturated rings. The molecule has 0 aliphatic carbocycles. The number of aliphatic hydroxyl groups is 1. The molecule has 0 unspecified atom stereocenters. The van der Waals surface area contributed by atoms with E-state index in [1.165, 1.54) is 11.6 Å². The van der Waals surface area contributed by atoms with Crippen LogP contribution in [-0.4, -0.2) is 30.4 Å². The summed E-state index contributed by atoms with van der Waals surface area (Å²) in [5.41, 5.74) is 1.65. The van der Waals surface area contributed by atoms with Crippen molar-refractivity contribution in [2.75, 3.05) is 11.9 Å². The lowest BCUT2D eigenvalue weighted by atomic mass is 10.1. The summed E-state index contributed by atoms with van der Waals surface area (Å²) >= 11 is 0. The second-order valence-corrected chi connectivity index (χ2v) is 7.18. The number of aliphatic hydroxyl groups excluding tert-OH is 1. The minimum absolute atomic E-state index is 0.157. The van der Waals surface area contributed by atoms with Crippen LogP contribution in [0.1, 0.15) is 17.2 Å².